The van der Waals surface area contributed by atoms with Crippen LogP contribution in [-0.4, -0.2) is 34.2 Å². The number of anilines is 1. The van der Waals surface area contributed by atoms with Gasteiger partial charge in [0.25, 0.3) is 0 Å². The van der Waals surface area contributed by atoms with Gasteiger partial charge in [-0.2, -0.15) is 21.6 Å². The maximum absolute atomic E-state index is 12.5. The minimum atomic E-state index is -5.57. The molecule has 23 heavy (non-hydrogen) atoms. The van der Waals surface area contributed by atoms with Crippen molar-refractivity contribution in [3.05, 3.63) is 35.4 Å². The highest BCUT2D eigenvalue weighted by Crippen LogP contribution is 2.30. The number of alkyl halides is 3. The number of hydrogen-bond acceptors (Lipinski definition) is 5. The molecular weight excluding hydrogens is 361 g/mol. The Morgan fingerprint density at radius 2 is 2.00 bits per heavy atom. The molecule has 0 aliphatic rings. The molecule has 0 bridgehead atoms. The number of rotatable bonds is 8. The molecule has 1 rings (SSSR count). The summed E-state index contributed by atoms with van der Waals surface area (Å²) >= 11 is 5.78. The Morgan fingerprint density at radius 1 is 1.35 bits per heavy atom. The molecule has 0 fully saturated rings. The average Bonchev–Trinajstić information content (AvgIpc) is 2.44. The second-order valence-electron chi connectivity index (χ2n) is 4.16. The zero-order chi connectivity index (χ0) is 17.7. The number of ether oxygens (including phenoxy) is 1. The van der Waals surface area contributed by atoms with E-state index in [4.69, 9.17) is 21.2 Å². The minimum Gasteiger partial charge on any atom is -0.382 e. The molecule has 0 heterocycles. The number of sulfonamides is 1. The monoisotopic (exact) mass is 374 g/mol. The van der Waals surface area contributed by atoms with Gasteiger partial charge in [0.05, 0.1) is 24.6 Å². The Bertz CT molecular complexity index is 665. The molecule has 130 valence electrons. The van der Waals surface area contributed by atoms with Crippen LogP contribution in [0.5, 0.6) is 0 Å². The summed E-state index contributed by atoms with van der Waals surface area (Å²) in [7, 11) is -4.11. The van der Waals surface area contributed by atoms with Crippen LogP contribution in [0.1, 0.15) is 5.56 Å². The lowest BCUT2D eigenvalue weighted by Crippen LogP contribution is -2.30. The van der Waals surface area contributed by atoms with Gasteiger partial charge in [0.2, 0.25) is 0 Å². The lowest BCUT2D eigenvalue weighted by molar-refractivity contribution is -0.0429. The standard InChI is InChI=1S/C12H14ClF3N2O4S/c1-8(17-22-6-5-21-2)10-7-9(13)3-4-11(10)18-23(19,20)12(14,15)16/h3-4,7,17-18H,1,5-6H2,2H3. The zero-order valence-electron chi connectivity index (χ0n) is 11.9. The normalized spacial score (nSPS) is 12.0. The van der Waals surface area contributed by atoms with Gasteiger partial charge in [-0.25, -0.2) is 0 Å². The molecule has 1 aromatic carbocycles. The van der Waals surface area contributed by atoms with E-state index in [1.54, 1.807) is 0 Å². The third-order valence-corrected chi connectivity index (χ3v) is 3.77. The summed E-state index contributed by atoms with van der Waals surface area (Å²) in [5, 5.41) is 0.176. The maximum Gasteiger partial charge on any atom is 0.516 e. The average molecular weight is 375 g/mol. The fourth-order valence-electron chi connectivity index (χ4n) is 1.38. The first-order chi connectivity index (χ1) is 10.6. The molecule has 0 saturated carbocycles. The van der Waals surface area contributed by atoms with Gasteiger partial charge in [0.15, 0.2) is 0 Å². The van der Waals surface area contributed by atoms with Crippen LogP contribution in [0.3, 0.4) is 0 Å². The Kier molecular flexibility index (Phi) is 6.69. The molecule has 6 nitrogen and oxygen atoms in total. The number of methoxy groups -OCH3 is 1. The molecular formula is C12H14ClF3N2O4S. The molecule has 0 aliphatic heterocycles. The molecule has 0 atom stereocenters. The summed E-state index contributed by atoms with van der Waals surface area (Å²) in [5.41, 5.74) is -3.40. The second-order valence-corrected chi connectivity index (χ2v) is 6.27. The van der Waals surface area contributed by atoms with Crippen molar-refractivity contribution >= 4 is 33.0 Å². The Hall–Kier alpha value is -1.49. The van der Waals surface area contributed by atoms with Gasteiger partial charge in [-0.15, -0.1) is 0 Å². The SMILES string of the molecule is C=C(NOCCOC)c1cc(Cl)ccc1NS(=O)(=O)C(F)(F)F. The number of nitrogens with one attached hydrogen (secondary N) is 2. The summed E-state index contributed by atoms with van der Waals surface area (Å²) in [6.07, 6.45) is 0. The quantitative estimate of drug-likeness (QED) is 0.540. The van der Waals surface area contributed by atoms with E-state index in [0.29, 0.717) is 0 Å². The highest BCUT2D eigenvalue weighted by Gasteiger charge is 2.46. The van der Waals surface area contributed by atoms with Gasteiger partial charge < -0.3 is 4.74 Å². The Balaban J connectivity index is 3.00. The van der Waals surface area contributed by atoms with Crippen molar-refractivity contribution in [3.8, 4) is 0 Å². The predicted octanol–water partition coefficient (Wildman–Crippen LogP) is 2.74. The van der Waals surface area contributed by atoms with Crippen LogP contribution in [0.25, 0.3) is 5.70 Å². The van der Waals surface area contributed by atoms with Crippen LogP contribution in [0.4, 0.5) is 18.9 Å². The van der Waals surface area contributed by atoms with E-state index in [1.165, 1.54) is 24.0 Å². The number of hydrogen-bond donors (Lipinski definition) is 2. The van der Waals surface area contributed by atoms with E-state index in [9.17, 15) is 21.6 Å². The molecule has 0 saturated heterocycles. The van der Waals surface area contributed by atoms with Crippen molar-refractivity contribution in [1.82, 2.24) is 5.48 Å². The van der Waals surface area contributed by atoms with Gasteiger partial charge in [-0.05, 0) is 18.2 Å². The van der Waals surface area contributed by atoms with Crippen molar-refractivity contribution in [2.24, 2.45) is 0 Å². The fourth-order valence-corrected chi connectivity index (χ4v) is 2.13. The molecule has 0 aliphatic carbocycles. The molecule has 0 radical (unpaired) electrons. The molecule has 0 unspecified atom stereocenters. The van der Waals surface area contributed by atoms with E-state index < -0.39 is 15.5 Å². The number of hydroxylamine groups is 1. The van der Waals surface area contributed by atoms with Crippen LogP contribution in [0, 0.1) is 0 Å². The first-order valence-corrected chi connectivity index (χ1v) is 7.89. The van der Waals surface area contributed by atoms with Crippen molar-refractivity contribution in [2.45, 2.75) is 5.51 Å². The summed E-state index contributed by atoms with van der Waals surface area (Å²) in [5.74, 6) is 0. The van der Waals surface area contributed by atoms with Crippen LogP contribution in [-0.2, 0) is 19.6 Å². The lowest BCUT2D eigenvalue weighted by Gasteiger charge is -2.16. The third-order valence-electron chi connectivity index (χ3n) is 2.44. The highest BCUT2D eigenvalue weighted by molar-refractivity contribution is 7.93. The van der Waals surface area contributed by atoms with Gasteiger partial charge in [0.1, 0.15) is 0 Å². The number of benzene rings is 1. The highest BCUT2D eigenvalue weighted by atomic mass is 35.5. The van der Waals surface area contributed by atoms with Crippen molar-refractivity contribution in [1.29, 1.82) is 0 Å². The van der Waals surface area contributed by atoms with Crippen molar-refractivity contribution in [3.63, 3.8) is 0 Å². The van der Waals surface area contributed by atoms with Crippen molar-refractivity contribution in [2.75, 3.05) is 25.0 Å². The van der Waals surface area contributed by atoms with Gasteiger partial charge in [-0.3, -0.25) is 15.0 Å². The second kappa shape index (κ2) is 7.86. The van der Waals surface area contributed by atoms with Crippen LogP contribution < -0.4 is 10.2 Å². The van der Waals surface area contributed by atoms with E-state index in [0.717, 1.165) is 6.07 Å². The first kappa shape index (κ1) is 19.6. The molecule has 1 aromatic rings. The summed E-state index contributed by atoms with van der Waals surface area (Å²) in [6.45, 7) is 3.97. The summed E-state index contributed by atoms with van der Waals surface area (Å²) < 4.78 is 66.0. The van der Waals surface area contributed by atoms with Gasteiger partial charge in [-0.1, -0.05) is 18.2 Å². The van der Waals surface area contributed by atoms with E-state index >= 15 is 0 Å². The first-order valence-electron chi connectivity index (χ1n) is 6.03. The predicted molar refractivity (Wildman–Crippen MR) is 80.0 cm³/mol. The summed E-state index contributed by atoms with van der Waals surface area (Å²) in [4.78, 5) is 4.97. The van der Waals surface area contributed by atoms with Crippen LogP contribution >= 0.6 is 11.6 Å². The fraction of sp³-hybridized carbons (Fsp3) is 0.333. The smallest absolute Gasteiger partial charge is 0.382 e. The Labute approximate surface area is 136 Å². The molecule has 0 spiro atoms. The van der Waals surface area contributed by atoms with Crippen molar-refractivity contribution < 1.29 is 31.2 Å². The molecule has 2 N–H and O–H groups in total. The third kappa shape index (κ3) is 5.57. The van der Waals surface area contributed by atoms with Crippen LogP contribution in [0.2, 0.25) is 5.02 Å². The zero-order valence-corrected chi connectivity index (χ0v) is 13.5. The topological polar surface area (TPSA) is 76.7 Å². The Morgan fingerprint density at radius 3 is 2.57 bits per heavy atom. The van der Waals surface area contributed by atoms with E-state index in [1.807, 2.05) is 0 Å². The maximum atomic E-state index is 12.5. The van der Waals surface area contributed by atoms with Gasteiger partial charge >= 0.3 is 15.5 Å². The molecule has 11 heteroatoms. The molecule has 0 amide bonds. The van der Waals surface area contributed by atoms with E-state index in [-0.39, 0.29) is 35.2 Å². The number of halogens is 4. The molecule has 0 aromatic heterocycles. The van der Waals surface area contributed by atoms with Gasteiger partial charge in [0, 0.05) is 17.7 Å². The lowest BCUT2D eigenvalue weighted by atomic mass is 10.1. The minimum absolute atomic E-state index is 0.00254. The van der Waals surface area contributed by atoms with E-state index in [2.05, 4.69) is 12.1 Å². The largest absolute Gasteiger partial charge is 0.516 e. The van der Waals surface area contributed by atoms with Crippen LogP contribution in [0.15, 0.2) is 24.8 Å². The summed E-state index contributed by atoms with van der Waals surface area (Å²) in [6, 6.07) is 3.56.